The number of carboxylic acids is 1. The van der Waals surface area contributed by atoms with Gasteiger partial charge >= 0.3 is 5.97 Å². The topological polar surface area (TPSA) is 90.1 Å². The maximum absolute atomic E-state index is 11.0. The van der Waals surface area contributed by atoms with Gasteiger partial charge in [-0.3, -0.25) is 0 Å². The third kappa shape index (κ3) is 3.02. The number of rotatable bonds is 5. The van der Waals surface area contributed by atoms with E-state index >= 15 is 0 Å². The van der Waals surface area contributed by atoms with Crippen LogP contribution in [0.25, 0.3) is 0 Å². The fourth-order valence-corrected chi connectivity index (χ4v) is 2.29. The van der Waals surface area contributed by atoms with Crippen LogP contribution in [0, 0.1) is 0 Å². The standard InChI is InChI=1S/C11H12N4O3S/c1-15-11(12-13-14-15)19-6-7-3-4-8(10(16)17)9(5-7)18-2/h3-5H,6H2,1-2H3,(H,16,17). The van der Waals surface area contributed by atoms with Gasteiger partial charge in [0.1, 0.15) is 11.3 Å². The van der Waals surface area contributed by atoms with Crippen LogP contribution in [-0.2, 0) is 12.8 Å². The molecule has 1 N–H and O–H groups in total. The predicted molar refractivity (Wildman–Crippen MR) is 68.3 cm³/mol. The van der Waals surface area contributed by atoms with Gasteiger partial charge in [0.2, 0.25) is 5.16 Å². The average molecular weight is 280 g/mol. The number of methoxy groups -OCH3 is 1. The molecule has 0 saturated heterocycles. The van der Waals surface area contributed by atoms with E-state index in [4.69, 9.17) is 9.84 Å². The molecule has 8 heteroatoms. The van der Waals surface area contributed by atoms with E-state index in [1.165, 1.54) is 24.9 Å². The Kier molecular flexibility index (Phi) is 4.00. The Morgan fingerprint density at radius 2 is 2.32 bits per heavy atom. The molecule has 19 heavy (non-hydrogen) atoms. The molecule has 0 saturated carbocycles. The number of benzene rings is 1. The predicted octanol–water partition coefficient (Wildman–Crippen LogP) is 1.21. The van der Waals surface area contributed by atoms with Gasteiger partial charge in [0.05, 0.1) is 7.11 Å². The van der Waals surface area contributed by atoms with Crippen molar-refractivity contribution in [2.24, 2.45) is 7.05 Å². The monoisotopic (exact) mass is 280 g/mol. The van der Waals surface area contributed by atoms with Crippen LogP contribution >= 0.6 is 11.8 Å². The summed E-state index contributed by atoms with van der Waals surface area (Å²) in [5, 5.41) is 20.8. The quantitative estimate of drug-likeness (QED) is 0.823. The highest BCUT2D eigenvalue weighted by Crippen LogP contribution is 2.25. The number of aromatic carboxylic acids is 1. The molecule has 0 spiro atoms. The van der Waals surface area contributed by atoms with Crippen LogP contribution in [0.5, 0.6) is 5.75 Å². The van der Waals surface area contributed by atoms with E-state index in [1.807, 2.05) is 0 Å². The Labute approximate surface area is 113 Å². The number of aromatic nitrogens is 4. The van der Waals surface area contributed by atoms with Crippen molar-refractivity contribution in [3.63, 3.8) is 0 Å². The van der Waals surface area contributed by atoms with E-state index in [-0.39, 0.29) is 5.56 Å². The number of aryl methyl sites for hydroxylation is 1. The van der Waals surface area contributed by atoms with Gasteiger partial charge in [-0.1, -0.05) is 17.8 Å². The van der Waals surface area contributed by atoms with Crippen molar-refractivity contribution in [2.75, 3.05) is 7.11 Å². The van der Waals surface area contributed by atoms with Crippen LogP contribution < -0.4 is 4.74 Å². The van der Waals surface area contributed by atoms with E-state index in [9.17, 15) is 4.79 Å². The molecule has 7 nitrogen and oxygen atoms in total. The second-order valence-corrected chi connectivity index (χ2v) is 4.66. The fourth-order valence-electron chi connectivity index (χ4n) is 1.49. The van der Waals surface area contributed by atoms with Crippen molar-refractivity contribution >= 4 is 17.7 Å². The van der Waals surface area contributed by atoms with Gasteiger partial charge < -0.3 is 9.84 Å². The highest BCUT2D eigenvalue weighted by Gasteiger charge is 2.12. The number of carbonyl (C=O) groups is 1. The lowest BCUT2D eigenvalue weighted by Crippen LogP contribution is -2.01. The van der Waals surface area contributed by atoms with Gasteiger partial charge in [-0.2, -0.15) is 0 Å². The first kappa shape index (κ1) is 13.3. The first-order chi connectivity index (χ1) is 9.11. The summed E-state index contributed by atoms with van der Waals surface area (Å²) in [6.45, 7) is 0. The highest BCUT2D eigenvalue weighted by molar-refractivity contribution is 7.98. The molecule has 0 atom stereocenters. The lowest BCUT2D eigenvalue weighted by atomic mass is 10.1. The number of carboxylic acid groups (broad SMARTS) is 1. The van der Waals surface area contributed by atoms with Gasteiger partial charge in [-0.05, 0) is 28.1 Å². The molecule has 2 aromatic rings. The van der Waals surface area contributed by atoms with Gasteiger partial charge in [0.15, 0.2) is 0 Å². The number of nitrogens with zero attached hydrogens (tertiary/aromatic N) is 4. The number of tetrazole rings is 1. The van der Waals surface area contributed by atoms with Crippen LogP contribution in [-0.4, -0.2) is 38.4 Å². The summed E-state index contributed by atoms with van der Waals surface area (Å²) < 4.78 is 6.65. The van der Waals surface area contributed by atoms with E-state index in [2.05, 4.69) is 15.5 Å². The molecule has 100 valence electrons. The minimum Gasteiger partial charge on any atom is -0.496 e. The van der Waals surface area contributed by atoms with Crippen LogP contribution in [0.4, 0.5) is 0 Å². The van der Waals surface area contributed by atoms with E-state index < -0.39 is 5.97 Å². The zero-order chi connectivity index (χ0) is 13.8. The van der Waals surface area contributed by atoms with Gasteiger partial charge in [0.25, 0.3) is 0 Å². The van der Waals surface area contributed by atoms with Crippen molar-refractivity contribution in [2.45, 2.75) is 10.9 Å². The average Bonchev–Trinajstić information content (AvgIpc) is 2.81. The van der Waals surface area contributed by atoms with Crippen molar-refractivity contribution in [1.29, 1.82) is 0 Å². The Morgan fingerprint density at radius 3 is 2.89 bits per heavy atom. The van der Waals surface area contributed by atoms with E-state index in [0.29, 0.717) is 16.7 Å². The van der Waals surface area contributed by atoms with Crippen LogP contribution in [0.3, 0.4) is 0 Å². The highest BCUT2D eigenvalue weighted by atomic mass is 32.2. The lowest BCUT2D eigenvalue weighted by molar-refractivity contribution is 0.0693. The third-order valence-electron chi connectivity index (χ3n) is 2.45. The second kappa shape index (κ2) is 5.70. The summed E-state index contributed by atoms with van der Waals surface area (Å²) >= 11 is 1.46. The molecule has 0 amide bonds. The Morgan fingerprint density at radius 1 is 1.53 bits per heavy atom. The largest absolute Gasteiger partial charge is 0.496 e. The molecule has 0 fully saturated rings. The maximum Gasteiger partial charge on any atom is 0.339 e. The van der Waals surface area contributed by atoms with Crippen molar-refractivity contribution in [3.05, 3.63) is 29.3 Å². The molecular weight excluding hydrogens is 268 g/mol. The van der Waals surface area contributed by atoms with Crippen molar-refractivity contribution in [1.82, 2.24) is 20.2 Å². The summed E-state index contributed by atoms with van der Waals surface area (Å²) in [7, 11) is 3.21. The first-order valence-corrected chi connectivity index (χ1v) is 6.35. The lowest BCUT2D eigenvalue weighted by Gasteiger charge is -2.07. The molecule has 0 aliphatic heterocycles. The van der Waals surface area contributed by atoms with E-state index in [0.717, 1.165) is 5.56 Å². The van der Waals surface area contributed by atoms with Gasteiger partial charge in [-0.15, -0.1) is 5.10 Å². The molecule has 0 unspecified atom stereocenters. The summed E-state index contributed by atoms with van der Waals surface area (Å²) in [6.07, 6.45) is 0. The smallest absolute Gasteiger partial charge is 0.339 e. The molecule has 0 aliphatic carbocycles. The number of hydrogen-bond donors (Lipinski definition) is 1. The molecule has 1 heterocycles. The maximum atomic E-state index is 11.0. The van der Waals surface area contributed by atoms with Gasteiger partial charge in [-0.25, -0.2) is 9.48 Å². The van der Waals surface area contributed by atoms with Gasteiger partial charge in [0, 0.05) is 12.8 Å². The molecule has 2 rings (SSSR count). The summed E-state index contributed by atoms with van der Waals surface area (Å²) in [5.41, 5.74) is 1.09. The fraction of sp³-hybridized carbons (Fsp3) is 0.273. The third-order valence-corrected chi connectivity index (χ3v) is 3.53. The summed E-state index contributed by atoms with van der Waals surface area (Å²) in [6, 6.07) is 5.00. The zero-order valence-electron chi connectivity index (χ0n) is 10.4. The normalized spacial score (nSPS) is 10.4. The number of thioether (sulfide) groups is 1. The molecule has 0 radical (unpaired) electrons. The van der Waals surface area contributed by atoms with E-state index in [1.54, 1.807) is 23.9 Å². The second-order valence-electron chi connectivity index (χ2n) is 3.71. The zero-order valence-corrected chi connectivity index (χ0v) is 11.2. The Balaban J connectivity index is 2.13. The Hall–Kier alpha value is -2.09. The molecule has 1 aromatic heterocycles. The Bertz CT molecular complexity index is 599. The molecule has 1 aromatic carbocycles. The van der Waals surface area contributed by atoms with Crippen molar-refractivity contribution < 1.29 is 14.6 Å². The molecular formula is C11H12N4O3S. The van der Waals surface area contributed by atoms with Crippen LogP contribution in [0.2, 0.25) is 0 Å². The van der Waals surface area contributed by atoms with Crippen LogP contribution in [0.1, 0.15) is 15.9 Å². The minimum atomic E-state index is -1.01. The number of ether oxygens (including phenoxy) is 1. The summed E-state index contributed by atoms with van der Waals surface area (Å²) in [5.74, 6) is -0.0277. The SMILES string of the molecule is COc1cc(CSc2nnnn2C)ccc1C(=O)O. The first-order valence-electron chi connectivity index (χ1n) is 5.37. The molecule has 0 aliphatic rings. The molecule has 0 bridgehead atoms. The number of hydrogen-bond acceptors (Lipinski definition) is 6. The minimum absolute atomic E-state index is 0.150. The van der Waals surface area contributed by atoms with Crippen molar-refractivity contribution in [3.8, 4) is 5.75 Å². The summed E-state index contributed by atoms with van der Waals surface area (Å²) in [4.78, 5) is 11.0. The van der Waals surface area contributed by atoms with Crippen LogP contribution in [0.15, 0.2) is 23.4 Å².